The van der Waals surface area contributed by atoms with Gasteiger partial charge in [0, 0.05) is 0 Å². The van der Waals surface area contributed by atoms with Crippen LogP contribution in [0.5, 0.6) is 0 Å². The summed E-state index contributed by atoms with van der Waals surface area (Å²) < 4.78 is 0. The lowest BCUT2D eigenvalue weighted by Crippen LogP contribution is -2.33. The van der Waals surface area contributed by atoms with Gasteiger partial charge in [-0.15, -0.1) is 0 Å². The van der Waals surface area contributed by atoms with Crippen LogP contribution in [0.1, 0.15) is 83.4 Å². The van der Waals surface area contributed by atoms with Gasteiger partial charge in [-0.2, -0.15) is 0 Å². The quantitative estimate of drug-likeness (QED) is 0.547. The minimum atomic E-state index is 0.322. The van der Waals surface area contributed by atoms with E-state index >= 15 is 0 Å². The highest BCUT2D eigenvalue weighted by molar-refractivity contribution is 5.46. The van der Waals surface area contributed by atoms with Crippen LogP contribution in [0.25, 0.3) is 0 Å². The van der Waals surface area contributed by atoms with Gasteiger partial charge < -0.3 is 0 Å². The molecule has 0 amide bonds. The number of hydrogen-bond acceptors (Lipinski definition) is 0. The van der Waals surface area contributed by atoms with Crippen molar-refractivity contribution >= 4 is 0 Å². The Hall–Kier alpha value is -1.30. The van der Waals surface area contributed by atoms with E-state index in [9.17, 15) is 0 Å². The van der Waals surface area contributed by atoms with Gasteiger partial charge in [-0.1, -0.05) is 69.7 Å². The Balaban J connectivity index is 1.86. The smallest absolute Gasteiger partial charge is 0.00927 e. The standard InChI is InChI=1S/C23H32/c1-7-16(2)8-9-17-14-19(17)18-10-11-20-21(15-18)23(5,6)13-12-22(20,3)4/h7-11,15,17,19H,12-14H2,1-6H3/b9-8+,16-7+/t17-,19+/m1/s1. The topological polar surface area (TPSA) is 0 Å². The summed E-state index contributed by atoms with van der Waals surface area (Å²) in [6.07, 6.45) is 10.8. The number of rotatable bonds is 3. The van der Waals surface area contributed by atoms with Crippen LogP contribution >= 0.6 is 0 Å². The molecule has 0 heterocycles. The van der Waals surface area contributed by atoms with Crippen molar-refractivity contribution in [3.63, 3.8) is 0 Å². The summed E-state index contributed by atoms with van der Waals surface area (Å²) in [4.78, 5) is 0. The number of allylic oxidation sites excluding steroid dienone is 4. The number of hydrogen-bond donors (Lipinski definition) is 0. The highest BCUT2D eigenvalue weighted by Gasteiger charge is 2.40. The number of fused-ring (bicyclic) bond motifs is 1. The molecule has 0 radical (unpaired) electrons. The van der Waals surface area contributed by atoms with E-state index in [1.807, 2.05) is 0 Å². The summed E-state index contributed by atoms with van der Waals surface area (Å²) >= 11 is 0. The molecule has 0 bridgehead atoms. The van der Waals surface area contributed by atoms with Crippen LogP contribution in [0.15, 0.2) is 42.0 Å². The van der Waals surface area contributed by atoms with Crippen molar-refractivity contribution < 1.29 is 0 Å². The van der Waals surface area contributed by atoms with E-state index in [1.165, 1.54) is 24.8 Å². The maximum absolute atomic E-state index is 2.54. The molecule has 124 valence electrons. The minimum absolute atomic E-state index is 0.322. The molecule has 1 saturated carbocycles. The van der Waals surface area contributed by atoms with Crippen molar-refractivity contribution in [3.05, 3.63) is 58.7 Å². The van der Waals surface area contributed by atoms with Crippen molar-refractivity contribution in [3.8, 4) is 0 Å². The van der Waals surface area contributed by atoms with Crippen molar-refractivity contribution in [1.82, 2.24) is 0 Å². The highest BCUT2D eigenvalue weighted by Crippen LogP contribution is 2.52. The first-order valence-corrected chi connectivity index (χ1v) is 9.21. The van der Waals surface area contributed by atoms with E-state index in [0.717, 1.165) is 11.8 Å². The fourth-order valence-electron chi connectivity index (χ4n) is 4.02. The first-order chi connectivity index (χ1) is 10.7. The second-order valence-electron chi connectivity index (χ2n) is 8.97. The van der Waals surface area contributed by atoms with E-state index in [0.29, 0.717) is 10.8 Å². The van der Waals surface area contributed by atoms with E-state index in [1.54, 1.807) is 16.7 Å². The van der Waals surface area contributed by atoms with E-state index in [2.05, 4.69) is 78.0 Å². The first kappa shape index (κ1) is 16.6. The average Bonchev–Trinajstić information content (AvgIpc) is 3.29. The van der Waals surface area contributed by atoms with Gasteiger partial charge in [-0.3, -0.25) is 0 Å². The fourth-order valence-corrected chi connectivity index (χ4v) is 4.02. The van der Waals surface area contributed by atoms with Crippen molar-refractivity contribution in [1.29, 1.82) is 0 Å². The zero-order valence-electron chi connectivity index (χ0n) is 15.7. The zero-order chi connectivity index (χ0) is 16.8. The molecule has 0 saturated heterocycles. The monoisotopic (exact) mass is 308 g/mol. The number of benzene rings is 1. The molecule has 1 fully saturated rings. The second-order valence-corrected chi connectivity index (χ2v) is 8.97. The van der Waals surface area contributed by atoms with Crippen LogP contribution in [0.2, 0.25) is 0 Å². The summed E-state index contributed by atoms with van der Waals surface area (Å²) in [5.41, 5.74) is 6.75. The lowest BCUT2D eigenvalue weighted by molar-refractivity contribution is 0.331. The SMILES string of the molecule is C/C=C(C)/C=C/[C@@H]1C[C@@H]1c1ccc2c(c1)C(C)(C)CCC2(C)C. The van der Waals surface area contributed by atoms with Gasteiger partial charge >= 0.3 is 0 Å². The molecular weight excluding hydrogens is 276 g/mol. The predicted molar refractivity (Wildman–Crippen MR) is 101 cm³/mol. The normalized spacial score (nSPS) is 28.7. The average molecular weight is 309 g/mol. The summed E-state index contributed by atoms with van der Waals surface area (Å²) in [5.74, 6) is 1.48. The second kappa shape index (κ2) is 5.65. The molecule has 1 aromatic rings. The van der Waals surface area contributed by atoms with Gasteiger partial charge in [-0.05, 0) is 72.5 Å². The Morgan fingerprint density at radius 3 is 2.35 bits per heavy atom. The predicted octanol–water partition coefficient (Wildman–Crippen LogP) is 6.66. The molecule has 1 aromatic carbocycles. The van der Waals surface area contributed by atoms with Gasteiger partial charge in [0.2, 0.25) is 0 Å². The molecule has 2 aliphatic carbocycles. The Bertz CT molecular complexity index is 655. The van der Waals surface area contributed by atoms with Crippen molar-refractivity contribution in [2.24, 2.45) is 5.92 Å². The van der Waals surface area contributed by atoms with Crippen LogP contribution < -0.4 is 0 Å². The maximum Gasteiger partial charge on any atom is -0.00927 e. The Morgan fingerprint density at radius 2 is 1.70 bits per heavy atom. The minimum Gasteiger partial charge on any atom is -0.0847 e. The van der Waals surface area contributed by atoms with Gasteiger partial charge in [0.1, 0.15) is 0 Å². The van der Waals surface area contributed by atoms with Crippen LogP contribution in [-0.2, 0) is 10.8 Å². The maximum atomic E-state index is 2.54. The Labute approximate surface area is 142 Å². The third kappa shape index (κ3) is 3.18. The molecule has 2 aliphatic rings. The van der Waals surface area contributed by atoms with Gasteiger partial charge in [0.15, 0.2) is 0 Å². The Kier molecular flexibility index (Phi) is 4.07. The third-order valence-corrected chi connectivity index (χ3v) is 6.21. The Morgan fingerprint density at radius 1 is 1.04 bits per heavy atom. The zero-order valence-corrected chi connectivity index (χ0v) is 15.7. The lowest BCUT2D eigenvalue weighted by Gasteiger charge is -2.42. The van der Waals surface area contributed by atoms with Gasteiger partial charge in [0.05, 0.1) is 0 Å². The summed E-state index contributed by atoms with van der Waals surface area (Å²) in [7, 11) is 0. The largest absolute Gasteiger partial charge is 0.0847 e. The first-order valence-electron chi connectivity index (χ1n) is 9.21. The molecule has 0 aliphatic heterocycles. The lowest BCUT2D eigenvalue weighted by atomic mass is 9.63. The van der Waals surface area contributed by atoms with E-state index in [-0.39, 0.29) is 0 Å². The molecule has 23 heavy (non-hydrogen) atoms. The molecule has 2 atom stereocenters. The molecular formula is C23H32. The molecule has 0 aromatic heterocycles. The van der Waals surface area contributed by atoms with Crippen LogP contribution in [0.4, 0.5) is 0 Å². The molecule has 0 spiro atoms. The van der Waals surface area contributed by atoms with E-state index < -0.39 is 0 Å². The fraction of sp³-hybridized carbons (Fsp3) is 0.565. The van der Waals surface area contributed by atoms with Gasteiger partial charge in [0.25, 0.3) is 0 Å². The molecule has 3 rings (SSSR count). The molecule has 0 N–H and O–H groups in total. The van der Waals surface area contributed by atoms with Crippen molar-refractivity contribution in [2.75, 3.05) is 0 Å². The third-order valence-electron chi connectivity index (χ3n) is 6.21. The summed E-state index contributed by atoms with van der Waals surface area (Å²) in [6.45, 7) is 13.9. The van der Waals surface area contributed by atoms with Gasteiger partial charge in [-0.25, -0.2) is 0 Å². The summed E-state index contributed by atoms with van der Waals surface area (Å²) in [6, 6.07) is 7.38. The highest BCUT2D eigenvalue weighted by atomic mass is 14.4. The summed E-state index contributed by atoms with van der Waals surface area (Å²) in [5, 5.41) is 0. The molecule has 0 heteroatoms. The molecule has 0 unspecified atom stereocenters. The van der Waals surface area contributed by atoms with Crippen LogP contribution in [-0.4, -0.2) is 0 Å². The van der Waals surface area contributed by atoms with E-state index in [4.69, 9.17) is 0 Å². The molecule has 0 nitrogen and oxygen atoms in total. The van der Waals surface area contributed by atoms with Crippen LogP contribution in [0.3, 0.4) is 0 Å². The van der Waals surface area contributed by atoms with Crippen molar-refractivity contribution in [2.45, 2.75) is 77.6 Å². The van der Waals surface area contributed by atoms with Crippen LogP contribution in [0, 0.1) is 5.92 Å².